The van der Waals surface area contributed by atoms with Gasteiger partial charge in [0.05, 0.1) is 0 Å². The Hall–Kier alpha value is 0.230. The summed E-state index contributed by atoms with van der Waals surface area (Å²) in [5.74, 6) is 8.01. The molecule has 0 spiro atoms. The molecule has 7 aliphatic rings. The first-order valence-electron chi connectivity index (χ1n) is 43.5. The van der Waals surface area contributed by atoms with Gasteiger partial charge in [-0.2, -0.15) is 11.8 Å². The fourth-order valence-electron chi connectivity index (χ4n) is 5.30. The smallest absolute Gasteiger partial charge is 0.0466 e. The third kappa shape index (κ3) is 464. The van der Waals surface area contributed by atoms with Gasteiger partial charge in [-0.1, -0.05) is 462 Å². The van der Waals surface area contributed by atoms with Crippen molar-refractivity contribution in [2.75, 3.05) is 51.0 Å². The van der Waals surface area contributed by atoms with Crippen LogP contribution < -0.4 is 5.32 Å². The van der Waals surface area contributed by atoms with Gasteiger partial charge in [0.15, 0.2) is 0 Å². The molecule has 7 rings (SSSR count). The highest BCUT2D eigenvalue weighted by Gasteiger charge is 2.24. The summed E-state index contributed by atoms with van der Waals surface area (Å²) >= 11 is 2.03. The first kappa shape index (κ1) is 156. The van der Waals surface area contributed by atoms with Crippen LogP contribution in [0.5, 0.6) is 0 Å². The van der Waals surface area contributed by atoms with Gasteiger partial charge in [-0.05, 0) is 80.5 Å². The maximum atomic E-state index is 5.07. The van der Waals surface area contributed by atoms with Crippen molar-refractivity contribution in [1.29, 1.82) is 0 Å². The minimum atomic E-state index is 0.833. The van der Waals surface area contributed by atoms with Crippen LogP contribution in [0.15, 0.2) is 0 Å². The minimum Gasteiger partial charge on any atom is -0.381 e. The molecule has 0 amide bonds. The summed E-state index contributed by atoms with van der Waals surface area (Å²) in [5.41, 5.74) is 0. The highest BCUT2D eigenvalue weighted by molar-refractivity contribution is 7.99. The molecule has 0 aromatic heterocycles. The van der Waals surface area contributed by atoms with E-state index < -0.39 is 0 Å². The zero-order chi connectivity index (χ0) is 79.6. The Morgan fingerprint density at radius 3 is 0.409 bits per heavy atom. The second-order valence-corrected chi connectivity index (χ2v) is 22.2. The molecule has 4 heteroatoms. The predicted octanol–water partition coefficient (Wildman–Crippen LogP) is 36.5. The molecule has 3 saturated heterocycles. The molecule has 3 nitrogen and oxygen atoms in total. The molecular formula is C89H223NO2S. The second-order valence-electron chi connectivity index (χ2n) is 20.9. The molecule has 0 radical (unpaired) electrons. The lowest BCUT2D eigenvalue weighted by molar-refractivity contribution is 0.0968. The van der Waals surface area contributed by atoms with Crippen molar-refractivity contribution >= 4 is 11.8 Å². The number of hydrogen-bond donors (Lipinski definition) is 1. The highest BCUT2D eigenvalue weighted by atomic mass is 32.2. The van der Waals surface area contributed by atoms with E-state index in [1.807, 2.05) is 233 Å². The van der Waals surface area contributed by atoms with Crippen LogP contribution >= 0.6 is 11.8 Å². The summed E-state index contributed by atoms with van der Waals surface area (Å²) in [6, 6.07) is 0. The fourth-order valence-corrected chi connectivity index (χ4v) is 6.09. The topological polar surface area (TPSA) is 30.5 Å². The second kappa shape index (κ2) is 252. The SMILES string of the molecule is C1CCCC1.C1CCCC1.C1CCCCC1.C1CCOC1.C1CCOCC1.C1CSCCN1.CC.CC.CC.CC.CC.CC.CC.CC.CC.CC.CC.CC.CC.CC.CC.CC.CC(C)C.CC(C)C.CC(C)C.CC(C)C.CC(C)C1CC1.CCC.CCC. The van der Waals surface area contributed by atoms with E-state index in [-0.39, 0.29) is 0 Å². The predicted molar refractivity (Wildman–Crippen MR) is 472 cm³/mol. The van der Waals surface area contributed by atoms with Crippen molar-refractivity contribution in [3.63, 3.8) is 0 Å². The zero-order valence-corrected chi connectivity index (χ0v) is 79.3. The van der Waals surface area contributed by atoms with Crippen LogP contribution in [-0.2, 0) is 9.47 Å². The van der Waals surface area contributed by atoms with E-state index in [0.29, 0.717) is 0 Å². The normalized spacial score (nSPS) is 12.9. The van der Waals surface area contributed by atoms with Crippen LogP contribution in [0.25, 0.3) is 0 Å². The van der Waals surface area contributed by atoms with Crippen LogP contribution in [0.2, 0.25) is 0 Å². The van der Waals surface area contributed by atoms with Crippen molar-refractivity contribution < 1.29 is 9.47 Å². The number of ether oxygens (including phenoxy) is 2. The van der Waals surface area contributed by atoms with E-state index in [2.05, 4.69) is 130 Å². The Morgan fingerprint density at radius 2 is 0.366 bits per heavy atom. The summed E-state index contributed by atoms with van der Waals surface area (Å²) in [7, 11) is 0. The Balaban J connectivity index is -0.0000000285. The van der Waals surface area contributed by atoms with Crippen LogP contribution in [0, 0.1) is 35.5 Å². The third-order valence-electron chi connectivity index (χ3n) is 8.32. The maximum Gasteiger partial charge on any atom is 0.0466 e. The molecule has 3 heterocycles. The van der Waals surface area contributed by atoms with E-state index in [1.165, 1.54) is 185 Å². The van der Waals surface area contributed by atoms with Gasteiger partial charge >= 0.3 is 0 Å². The molecule has 3 aliphatic heterocycles. The Labute approximate surface area is 616 Å². The van der Waals surface area contributed by atoms with Gasteiger partial charge in [0.1, 0.15) is 0 Å². The molecule has 0 unspecified atom stereocenters. The molecule has 7 fully saturated rings. The summed E-state index contributed by atoms with van der Waals surface area (Å²) in [6.07, 6.45) is 36.0. The monoisotopic (exact) mass is 1370 g/mol. The van der Waals surface area contributed by atoms with Gasteiger partial charge in [-0.3, -0.25) is 0 Å². The summed E-state index contributed by atoms with van der Waals surface area (Å²) < 4.78 is 10.0. The average molecular weight is 1370 g/mol. The van der Waals surface area contributed by atoms with E-state index in [1.54, 1.807) is 0 Å². The lowest BCUT2D eigenvalue weighted by Gasteiger charge is -2.08. The van der Waals surface area contributed by atoms with Crippen molar-refractivity contribution in [3.8, 4) is 0 Å². The van der Waals surface area contributed by atoms with Crippen molar-refractivity contribution in [1.82, 2.24) is 5.32 Å². The van der Waals surface area contributed by atoms with Crippen LogP contribution in [0.1, 0.15) is 507 Å². The molecule has 1 N–H and O–H groups in total. The van der Waals surface area contributed by atoms with Crippen molar-refractivity contribution in [3.05, 3.63) is 0 Å². The summed E-state index contributed by atoms with van der Waals surface area (Å²) in [5, 5.41) is 3.26. The van der Waals surface area contributed by atoms with Gasteiger partial charge < -0.3 is 14.8 Å². The minimum absolute atomic E-state index is 0.833. The zero-order valence-electron chi connectivity index (χ0n) is 78.5. The largest absolute Gasteiger partial charge is 0.381 e. The van der Waals surface area contributed by atoms with E-state index in [9.17, 15) is 0 Å². The van der Waals surface area contributed by atoms with Gasteiger partial charge in [0.25, 0.3) is 0 Å². The van der Waals surface area contributed by atoms with Gasteiger partial charge in [0.2, 0.25) is 0 Å². The van der Waals surface area contributed by atoms with Gasteiger partial charge in [-0.15, -0.1) is 0 Å². The maximum absolute atomic E-state index is 5.07. The van der Waals surface area contributed by atoms with Crippen molar-refractivity contribution in [2.45, 2.75) is 507 Å². The molecule has 0 atom stereocenters. The summed E-state index contributed by atoms with van der Waals surface area (Å²) in [4.78, 5) is 0. The summed E-state index contributed by atoms with van der Waals surface area (Å²) in [6.45, 7) is 110. The molecule has 0 aromatic carbocycles. The molecule has 93 heavy (non-hydrogen) atoms. The molecule has 602 valence electrons. The lowest BCUT2D eigenvalue weighted by atomic mass is 10.0. The number of rotatable bonds is 1. The Kier molecular flexibility index (Phi) is 423. The number of hydrogen-bond acceptors (Lipinski definition) is 4. The quantitative estimate of drug-likeness (QED) is 0.283. The lowest BCUT2D eigenvalue weighted by Crippen LogP contribution is -2.24. The van der Waals surface area contributed by atoms with Gasteiger partial charge in [-0.25, -0.2) is 0 Å². The fraction of sp³-hybridized carbons (Fsp3) is 1.00. The van der Waals surface area contributed by atoms with Crippen LogP contribution in [-0.4, -0.2) is 51.0 Å². The van der Waals surface area contributed by atoms with Crippen LogP contribution in [0.3, 0.4) is 0 Å². The molecule has 0 bridgehead atoms. The van der Waals surface area contributed by atoms with Gasteiger partial charge in [0, 0.05) is 51.0 Å². The number of nitrogens with one attached hydrogen (secondary N) is 1. The third-order valence-corrected chi connectivity index (χ3v) is 9.30. The van der Waals surface area contributed by atoms with E-state index >= 15 is 0 Å². The molecule has 4 saturated carbocycles. The first-order chi connectivity index (χ1) is 45.1. The number of thioether (sulfide) groups is 1. The van der Waals surface area contributed by atoms with E-state index in [0.717, 1.165) is 61.9 Å². The first-order valence-corrected chi connectivity index (χ1v) is 44.7. The Bertz CT molecular complexity index is 481. The Morgan fingerprint density at radius 1 is 0.247 bits per heavy atom. The van der Waals surface area contributed by atoms with E-state index in [4.69, 9.17) is 9.47 Å². The highest BCUT2D eigenvalue weighted by Crippen LogP contribution is 2.35. The molecule has 0 aromatic rings. The molecule has 4 aliphatic carbocycles. The standard InChI is InChI=1S/2C6H12.C5H10O.2C5H10.C4H9NS.C4H8O.4C4H10.2C3H8.16C2H6/c1-5(2)6-3-4-6;2*1-2-4-6-5-3-1;2*1-2-4-5-3-1;1-3-6-4-2-5-1;1-2-4-5-3-1;4*1-4(2)3;2*1-3-2;16*1-2/h5-6H,3-4H2,1-2H3;1-6H2;1-5H2;2*1-5H2;5H,1-4H2;1-4H2;4*4H,1-3H3;2*3H2,1-2H3;16*1-2H3. The average Bonchev–Trinajstić information content (AvgIpc) is 3.07. The molecular weight excluding hydrogens is 1150 g/mol. The van der Waals surface area contributed by atoms with Crippen molar-refractivity contribution in [2.24, 2.45) is 35.5 Å². The van der Waals surface area contributed by atoms with Crippen LogP contribution in [0.4, 0.5) is 0 Å².